The Balaban J connectivity index is 2.31. The van der Waals surface area contributed by atoms with Crippen LogP contribution in [0.3, 0.4) is 0 Å². The maximum Gasteiger partial charge on any atom is 0.0373 e. The van der Waals surface area contributed by atoms with Gasteiger partial charge in [-0.2, -0.15) is 0 Å². The first-order valence-electron chi connectivity index (χ1n) is 7.04. The second-order valence-electron chi connectivity index (χ2n) is 5.86. The van der Waals surface area contributed by atoms with E-state index in [2.05, 4.69) is 56.4 Å². The molecule has 1 aromatic carbocycles. The summed E-state index contributed by atoms with van der Waals surface area (Å²) < 4.78 is 0. The van der Waals surface area contributed by atoms with Gasteiger partial charge >= 0.3 is 0 Å². The predicted octanol–water partition coefficient (Wildman–Crippen LogP) is 2.91. The standard InChI is InChI=1S/C16H26N2/c1-12-5-6-13(2)15(11-12)16(18(3)4)14-7-9-17-10-8-14/h5-6,11,14,16-17H,7-10H2,1-4H3. The topological polar surface area (TPSA) is 15.3 Å². The molecule has 0 aromatic heterocycles. The fourth-order valence-electron chi connectivity index (χ4n) is 3.19. The highest BCUT2D eigenvalue weighted by Gasteiger charge is 2.27. The van der Waals surface area contributed by atoms with Crippen LogP contribution in [-0.2, 0) is 0 Å². The van der Waals surface area contributed by atoms with Crippen molar-refractivity contribution in [1.29, 1.82) is 0 Å². The summed E-state index contributed by atoms with van der Waals surface area (Å²) in [5.74, 6) is 0.779. The van der Waals surface area contributed by atoms with Gasteiger partial charge in [0.1, 0.15) is 0 Å². The van der Waals surface area contributed by atoms with Gasteiger partial charge in [0.25, 0.3) is 0 Å². The summed E-state index contributed by atoms with van der Waals surface area (Å²) >= 11 is 0. The van der Waals surface area contributed by atoms with E-state index in [9.17, 15) is 0 Å². The number of piperidine rings is 1. The van der Waals surface area contributed by atoms with Crippen molar-refractivity contribution in [2.75, 3.05) is 27.2 Å². The number of nitrogens with one attached hydrogen (secondary N) is 1. The summed E-state index contributed by atoms with van der Waals surface area (Å²) in [7, 11) is 4.43. The molecule has 0 bridgehead atoms. The van der Waals surface area contributed by atoms with Crippen LogP contribution in [0.25, 0.3) is 0 Å². The van der Waals surface area contributed by atoms with Crippen LogP contribution < -0.4 is 5.32 Å². The molecule has 1 unspecified atom stereocenters. The minimum absolute atomic E-state index is 0.562. The van der Waals surface area contributed by atoms with Crippen LogP contribution >= 0.6 is 0 Å². The minimum Gasteiger partial charge on any atom is -0.317 e. The monoisotopic (exact) mass is 246 g/mol. The minimum atomic E-state index is 0.562. The van der Waals surface area contributed by atoms with E-state index in [-0.39, 0.29) is 0 Å². The Labute approximate surface area is 111 Å². The summed E-state index contributed by atoms with van der Waals surface area (Å²) in [5, 5.41) is 3.47. The zero-order valence-electron chi connectivity index (χ0n) is 12.2. The van der Waals surface area contributed by atoms with Gasteiger partial charge in [-0.05, 0) is 70.9 Å². The molecule has 1 N–H and O–H groups in total. The molecular weight excluding hydrogens is 220 g/mol. The molecule has 2 rings (SSSR count). The fraction of sp³-hybridized carbons (Fsp3) is 0.625. The number of rotatable bonds is 3. The molecule has 18 heavy (non-hydrogen) atoms. The number of hydrogen-bond acceptors (Lipinski definition) is 2. The van der Waals surface area contributed by atoms with Gasteiger partial charge in [0.2, 0.25) is 0 Å². The number of nitrogens with zero attached hydrogens (tertiary/aromatic N) is 1. The smallest absolute Gasteiger partial charge is 0.0373 e. The Morgan fingerprint density at radius 1 is 1.17 bits per heavy atom. The van der Waals surface area contributed by atoms with Crippen LogP contribution in [0.2, 0.25) is 0 Å². The molecule has 1 fully saturated rings. The lowest BCUT2D eigenvalue weighted by atomic mass is 9.83. The van der Waals surface area contributed by atoms with Crippen LogP contribution in [0.5, 0.6) is 0 Å². The van der Waals surface area contributed by atoms with E-state index >= 15 is 0 Å². The fourth-order valence-corrected chi connectivity index (χ4v) is 3.19. The molecule has 0 amide bonds. The zero-order valence-corrected chi connectivity index (χ0v) is 12.2. The Kier molecular flexibility index (Phi) is 4.41. The van der Waals surface area contributed by atoms with Crippen molar-refractivity contribution < 1.29 is 0 Å². The SMILES string of the molecule is Cc1ccc(C)c(C(C2CCNCC2)N(C)C)c1. The molecule has 1 aliphatic rings. The Morgan fingerprint density at radius 2 is 1.83 bits per heavy atom. The lowest BCUT2D eigenvalue weighted by molar-refractivity contribution is 0.177. The molecule has 1 atom stereocenters. The number of hydrogen-bond donors (Lipinski definition) is 1. The summed E-state index contributed by atoms with van der Waals surface area (Å²) in [6, 6.07) is 7.42. The van der Waals surface area contributed by atoms with Crippen LogP contribution in [0, 0.1) is 19.8 Å². The van der Waals surface area contributed by atoms with Crippen LogP contribution in [-0.4, -0.2) is 32.1 Å². The average molecular weight is 246 g/mol. The maximum atomic E-state index is 3.47. The second-order valence-corrected chi connectivity index (χ2v) is 5.86. The summed E-state index contributed by atoms with van der Waals surface area (Å²) in [6.45, 7) is 6.77. The quantitative estimate of drug-likeness (QED) is 0.882. The first-order chi connectivity index (χ1) is 8.59. The third-order valence-corrected chi connectivity index (χ3v) is 4.14. The van der Waals surface area contributed by atoms with Crippen LogP contribution in [0.1, 0.15) is 35.6 Å². The molecular formula is C16H26N2. The van der Waals surface area contributed by atoms with Crippen molar-refractivity contribution >= 4 is 0 Å². The van der Waals surface area contributed by atoms with E-state index in [1.54, 1.807) is 0 Å². The Bertz CT molecular complexity index is 392. The highest BCUT2D eigenvalue weighted by atomic mass is 15.1. The van der Waals surface area contributed by atoms with Gasteiger partial charge in [0.05, 0.1) is 0 Å². The molecule has 100 valence electrons. The van der Waals surface area contributed by atoms with Crippen molar-refractivity contribution in [3.63, 3.8) is 0 Å². The van der Waals surface area contributed by atoms with Gasteiger partial charge in [-0.3, -0.25) is 0 Å². The molecule has 1 aliphatic heterocycles. The van der Waals surface area contributed by atoms with E-state index in [0.717, 1.165) is 5.92 Å². The van der Waals surface area contributed by atoms with Crippen molar-refractivity contribution in [3.8, 4) is 0 Å². The molecule has 1 saturated heterocycles. The number of aryl methyl sites for hydroxylation is 2. The third kappa shape index (κ3) is 2.93. The molecule has 1 aromatic rings. The zero-order chi connectivity index (χ0) is 13.1. The molecule has 2 heteroatoms. The molecule has 0 saturated carbocycles. The summed E-state index contributed by atoms with van der Waals surface area (Å²) in [6.07, 6.45) is 2.58. The van der Waals surface area contributed by atoms with Gasteiger partial charge in [0.15, 0.2) is 0 Å². The number of benzene rings is 1. The van der Waals surface area contributed by atoms with Gasteiger partial charge in [0, 0.05) is 6.04 Å². The van der Waals surface area contributed by atoms with E-state index in [4.69, 9.17) is 0 Å². The lowest BCUT2D eigenvalue weighted by Gasteiger charge is -2.36. The van der Waals surface area contributed by atoms with Crippen molar-refractivity contribution in [2.24, 2.45) is 5.92 Å². The van der Waals surface area contributed by atoms with E-state index < -0.39 is 0 Å². The first-order valence-corrected chi connectivity index (χ1v) is 7.04. The van der Waals surface area contributed by atoms with Gasteiger partial charge in [-0.25, -0.2) is 0 Å². The van der Waals surface area contributed by atoms with Crippen molar-refractivity contribution in [2.45, 2.75) is 32.7 Å². The van der Waals surface area contributed by atoms with Gasteiger partial charge in [-0.1, -0.05) is 23.8 Å². The Hall–Kier alpha value is -0.860. The van der Waals surface area contributed by atoms with E-state index in [0.29, 0.717) is 6.04 Å². The van der Waals surface area contributed by atoms with E-state index in [1.807, 2.05) is 0 Å². The van der Waals surface area contributed by atoms with E-state index in [1.165, 1.54) is 42.6 Å². The highest BCUT2D eigenvalue weighted by Crippen LogP contribution is 2.34. The van der Waals surface area contributed by atoms with Gasteiger partial charge < -0.3 is 10.2 Å². The predicted molar refractivity (Wildman–Crippen MR) is 77.9 cm³/mol. The van der Waals surface area contributed by atoms with Crippen LogP contribution in [0.15, 0.2) is 18.2 Å². The lowest BCUT2D eigenvalue weighted by Crippen LogP contribution is -2.36. The second kappa shape index (κ2) is 5.85. The maximum absolute atomic E-state index is 3.47. The molecule has 2 nitrogen and oxygen atoms in total. The summed E-state index contributed by atoms with van der Waals surface area (Å²) in [5.41, 5.74) is 4.32. The van der Waals surface area contributed by atoms with Crippen molar-refractivity contribution in [3.05, 3.63) is 34.9 Å². The Morgan fingerprint density at radius 3 is 2.44 bits per heavy atom. The summed E-state index contributed by atoms with van der Waals surface area (Å²) in [4.78, 5) is 2.40. The normalized spacial score (nSPS) is 19.2. The molecule has 0 aliphatic carbocycles. The largest absolute Gasteiger partial charge is 0.317 e. The third-order valence-electron chi connectivity index (χ3n) is 4.14. The first kappa shape index (κ1) is 13.6. The molecule has 0 radical (unpaired) electrons. The van der Waals surface area contributed by atoms with Gasteiger partial charge in [-0.15, -0.1) is 0 Å². The van der Waals surface area contributed by atoms with Crippen molar-refractivity contribution in [1.82, 2.24) is 10.2 Å². The average Bonchev–Trinajstić information content (AvgIpc) is 2.35. The van der Waals surface area contributed by atoms with Crippen LogP contribution in [0.4, 0.5) is 0 Å². The molecule has 1 heterocycles. The molecule has 0 spiro atoms. The highest BCUT2D eigenvalue weighted by molar-refractivity contribution is 5.33.